The lowest BCUT2D eigenvalue weighted by molar-refractivity contribution is 0.190. The van der Waals surface area contributed by atoms with Crippen LogP contribution in [0.5, 0.6) is 0 Å². The molecule has 68 valence electrons. The molecular formula is C8H17BN2O. The number of nitrogens with zero attached hydrogens (tertiary/aromatic N) is 2. The predicted molar refractivity (Wildman–Crippen MR) is 52.0 cm³/mol. The van der Waals surface area contributed by atoms with Gasteiger partial charge in [-0.25, -0.2) is 0 Å². The SMILES string of the molecule is C=CCN1CCN(B(C)O)CC1. The molecule has 1 aliphatic heterocycles. The van der Waals surface area contributed by atoms with Gasteiger partial charge in [0, 0.05) is 32.7 Å². The lowest BCUT2D eigenvalue weighted by Crippen LogP contribution is -2.51. The summed E-state index contributed by atoms with van der Waals surface area (Å²) in [4.78, 5) is 4.42. The maximum Gasteiger partial charge on any atom is 0.376 e. The van der Waals surface area contributed by atoms with Crippen LogP contribution in [0.2, 0.25) is 6.82 Å². The van der Waals surface area contributed by atoms with Crippen LogP contribution in [0.3, 0.4) is 0 Å². The Morgan fingerprint density at radius 2 is 2.00 bits per heavy atom. The molecule has 12 heavy (non-hydrogen) atoms. The summed E-state index contributed by atoms with van der Waals surface area (Å²) in [7, 11) is -0.295. The fourth-order valence-electron chi connectivity index (χ4n) is 1.50. The van der Waals surface area contributed by atoms with Gasteiger partial charge in [0.05, 0.1) is 0 Å². The molecule has 0 aromatic rings. The van der Waals surface area contributed by atoms with Crippen LogP contribution in [0.25, 0.3) is 0 Å². The normalized spacial score (nSPS) is 20.8. The van der Waals surface area contributed by atoms with Crippen molar-refractivity contribution in [2.45, 2.75) is 6.82 Å². The van der Waals surface area contributed by atoms with Crippen molar-refractivity contribution in [1.29, 1.82) is 0 Å². The van der Waals surface area contributed by atoms with E-state index < -0.39 is 0 Å². The van der Waals surface area contributed by atoms with Gasteiger partial charge < -0.3 is 9.83 Å². The number of piperazine rings is 1. The van der Waals surface area contributed by atoms with Gasteiger partial charge in [-0.15, -0.1) is 6.58 Å². The first-order chi connectivity index (χ1) is 5.74. The first-order valence-corrected chi connectivity index (χ1v) is 4.49. The van der Waals surface area contributed by atoms with E-state index in [-0.39, 0.29) is 7.05 Å². The van der Waals surface area contributed by atoms with Crippen molar-refractivity contribution in [2.24, 2.45) is 0 Å². The average molecular weight is 168 g/mol. The van der Waals surface area contributed by atoms with Crippen LogP contribution in [0.15, 0.2) is 12.7 Å². The summed E-state index contributed by atoms with van der Waals surface area (Å²) >= 11 is 0. The highest BCUT2D eigenvalue weighted by Crippen LogP contribution is 2.02. The van der Waals surface area contributed by atoms with Crippen molar-refractivity contribution in [3.8, 4) is 0 Å². The molecule has 0 unspecified atom stereocenters. The molecule has 0 amide bonds. The maximum absolute atomic E-state index is 9.28. The lowest BCUT2D eigenvalue weighted by Gasteiger charge is -2.34. The number of hydrogen-bond acceptors (Lipinski definition) is 3. The molecule has 0 radical (unpaired) electrons. The van der Waals surface area contributed by atoms with Crippen LogP contribution in [-0.2, 0) is 0 Å². The van der Waals surface area contributed by atoms with Crippen LogP contribution >= 0.6 is 0 Å². The van der Waals surface area contributed by atoms with Gasteiger partial charge in [0.2, 0.25) is 0 Å². The van der Waals surface area contributed by atoms with Gasteiger partial charge >= 0.3 is 7.05 Å². The molecule has 0 bridgehead atoms. The van der Waals surface area contributed by atoms with Crippen molar-refractivity contribution in [3.05, 3.63) is 12.7 Å². The van der Waals surface area contributed by atoms with E-state index in [0.29, 0.717) is 0 Å². The minimum absolute atomic E-state index is 0.295. The van der Waals surface area contributed by atoms with E-state index in [4.69, 9.17) is 0 Å². The monoisotopic (exact) mass is 168 g/mol. The van der Waals surface area contributed by atoms with Crippen molar-refractivity contribution in [3.63, 3.8) is 0 Å². The highest BCUT2D eigenvalue weighted by molar-refractivity contribution is 6.45. The number of hydrogen-bond donors (Lipinski definition) is 1. The van der Waals surface area contributed by atoms with Crippen molar-refractivity contribution < 1.29 is 5.02 Å². The second kappa shape index (κ2) is 4.65. The largest absolute Gasteiger partial charge is 0.437 e. The molecule has 1 fully saturated rings. The van der Waals surface area contributed by atoms with E-state index in [1.807, 2.05) is 12.9 Å². The third-order valence-corrected chi connectivity index (χ3v) is 2.32. The Morgan fingerprint density at radius 3 is 2.42 bits per heavy atom. The molecule has 1 aliphatic rings. The smallest absolute Gasteiger partial charge is 0.376 e. The molecule has 0 atom stereocenters. The second-order valence-electron chi connectivity index (χ2n) is 3.26. The Kier molecular flexibility index (Phi) is 3.78. The number of rotatable bonds is 3. The average Bonchev–Trinajstić information content (AvgIpc) is 2.06. The standard InChI is InChI=1S/C8H17BN2O/c1-3-4-10-5-7-11(8-6-10)9(2)12/h3,12H,1,4-8H2,2H3. The topological polar surface area (TPSA) is 26.7 Å². The predicted octanol–water partition coefficient (Wildman–Crippen LogP) is -0.0997. The van der Waals surface area contributed by atoms with E-state index in [0.717, 1.165) is 32.7 Å². The summed E-state index contributed by atoms with van der Waals surface area (Å²) < 4.78 is 0. The van der Waals surface area contributed by atoms with E-state index in [9.17, 15) is 5.02 Å². The summed E-state index contributed by atoms with van der Waals surface area (Å²) in [5.74, 6) is 0. The Hall–Kier alpha value is -0.315. The second-order valence-corrected chi connectivity index (χ2v) is 3.26. The molecule has 1 rings (SSSR count). The lowest BCUT2D eigenvalue weighted by atomic mass is 9.84. The van der Waals surface area contributed by atoms with E-state index in [2.05, 4.69) is 16.3 Å². The molecule has 0 spiro atoms. The molecule has 0 aliphatic carbocycles. The minimum atomic E-state index is -0.295. The third kappa shape index (κ3) is 2.62. The van der Waals surface area contributed by atoms with Crippen molar-refractivity contribution in [1.82, 2.24) is 9.71 Å². The van der Waals surface area contributed by atoms with Gasteiger partial charge in [0.1, 0.15) is 0 Å². The minimum Gasteiger partial charge on any atom is -0.437 e. The van der Waals surface area contributed by atoms with Gasteiger partial charge in [0.15, 0.2) is 0 Å². The molecule has 0 aromatic carbocycles. The van der Waals surface area contributed by atoms with Gasteiger partial charge in [-0.3, -0.25) is 4.90 Å². The Morgan fingerprint density at radius 1 is 1.42 bits per heavy atom. The molecule has 1 saturated heterocycles. The summed E-state index contributed by atoms with van der Waals surface area (Å²) in [6, 6.07) is 0. The molecule has 1 N–H and O–H groups in total. The van der Waals surface area contributed by atoms with Gasteiger partial charge in [-0.05, 0) is 6.82 Å². The Balaban J connectivity index is 2.24. The Labute approximate surface area is 74.8 Å². The van der Waals surface area contributed by atoms with E-state index in [1.165, 1.54) is 0 Å². The van der Waals surface area contributed by atoms with E-state index >= 15 is 0 Å². The van der Waals surface area contributed by atoms with Gasteiger partial charge in [-0.1, -0.05) is 6.08 Å². The first kappa shape index (κ1) is 9.77. The van der Waals surface area contributed by atoms with Crippen LogP contribution in [0.4, 0.5) is 0 Å². The molecule has 0 saturated carbocycles. The molecule has 0 aromatic heterocycles. The van der Waals surface area contributed by atoms with Crippen molar-refractivity contribution in [2.75, 3.05) is 32.7 Å². The van der Waals surface area contributed by atoms with Crippen LogP contribution in [0, 0.1) is 0 Å². The van der Waals surface area contributed by atoms with Crippen LogP contribution in [0.1, 0.15) is 0 Å². The fraction of sp³-hybridized carbons (Fsp3) is 0.750. The zero-order valence-electron chi connectivity index (χ0n) is 7.74. The first-order valence-electron chi connectivity index (χ1n) is 4.49. The van der Waals surface area contributed by atoms with Crippen LogP contribution in [-0.4, -0.2) is 54.5 Å². The molecule has 1 heterocycles. The summed E-state index contributed by atoms with van der Waals surface area (Å²) in [5.41, 5.74) is 0. The van der Waals surface area contributed by atoms with Gasteiger partial charge in [0.25, 0.3) is 0 Å². The summed E-state index contributed by atoms with van der Waals surface area (Å²) in [5, 5.41) is 9.28. The van der Waals surface area contributed by atoms with Crippen molar-refractivity contribution >= 4 is 7.05 Å². The molecule has 3 nitrogen and oxygen atoms in total. The summed E-state index contributed by atoms with van der Waals surface area (Å²) in [6.45, 7) is 10.5. The molecular weight excluding hydrogens is 151 g/mol. The summed E-state index contributed by atoms with van der Waals surface area (Å²) in [6.07, 6.45) is 1.93. The fourth-order valence-corrected chi connectivity index (χ4v) is 1.50. The zero-order valence-corrected chi connectivity index (χ0v) is 7.74. The van der Waals surface area contributed by atoms with E-state index in [1.54, 1.807) is 0 Å². The highest BCUT2D eigenvalue weighted by Gasteiger charge is 2.21. The maximum atomic E-state index is 9.28. The quantitative estimate of drug-likeness (QED) is 0.470. The Bertz CT molecular complexity index is 144. The highest BCUT2D eigenvalue weighted by atomic mass is 16.2. The third-order valence-electron chi connectivity index (χ3n) is 2.32. The van der Waals surface area contributed by atoms with Crippen LogP contribution < -0.4 is 0 Å². The zero-order chi connectivity index (χ0) is 8.97. The van der Waals surface area contributed by atoms with Gasteiger partial charge in [-0.2, -0.15) is 0 Å². The molecule has 4 heteroatoms.